The van der Waals surface area contributed by atoms with Crippen molar-refractivity contribution < 1.29 is 0 Å². The van der Waals surface area contributed by atoms with Gasteiger partial charge in [0.1, 0.15) is 0 Å². The fourth-order valence-corrected chi connectivity index (χ4v) is 2.37. The number of nitrogens with one attached hydrogen (secondary N) is 4. The van der Waals surface area contributed by atoms with Crippen LogP contribution >= 0.6 is 0 Å². The van der Waals surface area contributed by atoms with E-state index in [4.69, 9.17) is 0 Å². The second kappa shape index (κ2) is 10.8. The van der Waals surface area contributed by atoms with E-state index in [0.717, 1.165) is 28.9 Å². The van der Waals surface area contributed by atoms with E-state index in [2.05, 4.69) is 112 Å². The molecule has 4 N–H and O–H groups in total. The first-order valence-electron chi connectivity index (χ1n) is 9.90. The Hall–Kier alpha value is -2.24. The minimum Gasteiger partial charge on any atom is -0.354 e. The van der Waals surface area contributed by atoms with Crippen molar-refractivity contribution in [3.63, 3.8) is 0 Å². The number of aliphatic imine (C=N–C) groups is 2. The topological polar surface area (TPSA) is 72.8 Å². The fraction of sp³-hybridized carbons (Fsp3) is 0.619. The maximum absolute atomic E-state index is 4.66. The quantitative estimate of drug-likeness (QED) is 0.441. The van der Waals surface area contributed by atoms with Crippen molar-refractivity contribution in [1.82, 2.24) is 10.6 Å². The smallest absolute Gasteiger partial charge is 0.196 e. The number of hydrogen-bond donors (Lipinski definition) is 4. The van der Waals surface area contributed by atoms with E-state index in [1.807, 2.05) is 0 Å². The molecular formula is C21H38N6. The zero-order valence-electron chi connectivity index (χ0n) is 18.4. The van der Waals surface area contributed by atoms with Gasteiger partial charge in [-0.2, -0.15) is 0 Å². The lowest BCUT2D eigenvalue weighted by Gasteiger charge is -2.20. The highest BCUT2D eigenvalue weighted by atomic mass is 15.2. The maximum Gasteiger partial charge on any atom is 0.196 e. The van der Waals surface area contributed by atoms with E-state index in [1.165, 1.54) is 0 Å². The van der Waals surface area contributed by atoms with E-state index in [1.54, 1.807) is 0 Å². The molecule has 1 aromatic rings. The van der Waals surface area contributed by atoms with Crippen molar-refractivity contribution >= 4 is 23.3 Å². The molecule has 0 unspecified atom stereocenters. The van der Waals surface area contributed by atoms with Gasteiger partial charge in [-0.25, -0.2) is 0 Å². The third-order valence-corrected chi connectivity index (χ3v) is 3.38. The van der Waals surface area contributed by atoms with Crippen LogP contribution in [0.2, 0.25) is 0 Å². The predicted octanol–water partition coefficient (Wildman–Crippen LogP) is 4.34. The first-order valence-corrected chi connectivity index (χ1v) is 9.90. The maximum atomic E-state index is 4.66. The van der Waals surface area contributed by atoms with Crippen molar-refractivity contribution in [2.45, 2.75) is 86.5 Å². The summed E-state index contributed by atoms with van der Waals surface area (Å²) < 4.78 is 0. The van der Waals surface area contributed by atoms with Crippen molar-refractivity contribution in [1.29, 1.82) is 0 Å². The van der Waals surface area contributed by atoms with Crippen LogP contribution in [0.5, 0.6) is 0 Å². The van der Waals surface area contributed by atoms with Gasteiger partial charge in [-0.15, -0.1) is 0 Å². The molecule has 0 radical (unpaired) electrons. The van der Waals surface area contributed by atoms with Crippen molar-refractivity contribution in [2.75, 3.05) is 10.6 Å². The molecule has 1 rings (SSSR count). The normalized spacial score (nSPS) is 12.9. The van der Waals surface area contributed by atoms with Crippen LogP contribution in [0.3, 0.4) is 0 Å². The van der Waals surface area contributed by atoms with E-state index in [0.29, 0.717) is 12.1 Å². The molecule has 0 bridgehead atoms. The van der Waals surface area contributed by atoms with E-state index < -0.39 is 0 Å². The Morgan fingerprint density at radius 1 is 0.741 bits per heavy atom. The van der Waals surface area contributed by atoms with Crippen LogP contribution in [0.1, 0.15) is 61.0 Å². The van der Waals surface area contributed by atoms with Gasteiger partial charge in [0.15, 0.2) is 11.9 Å². The minimum atomic E-state index is 0.209. The van der Waals surface area contributed by atoms with Gasteiger partial charge in [0, 0.05) is 35.5 Å². The average Bonchev–Trinajstić information content (AvgIpc) is 2.47. The molecule has 0 aromatic heterocycles. The molecule has 0 aliphatic carbocycles. The number of nitrogens with zero attached hydrogens (tertiary/aromatic N) is 2. The van der Waals surface area contributed by atoms with Crippen LogP contribution in [0, 0.1) is 6.92 Å². The van der Waals surface area contributed by atoms with Crippen LogP contribution < -0.4 is 21.3 Å². The van der Waals surface area contributed by atoms with Gasteiger partial charge in [0.2, 0.25) is 0 Å². The van der Waals surface area contributed by atoms with Crippen molar-refractivity contribution in [3.8, 4) is 0 Å². The van der Waals surface area contributed by atoms with Crippen molar-refractivity contribution in [2.24, 2.45) is 9.98 Å². The second-order valence-corrected chi connectivity index (χ2v) is 8.02. The highest BCUT2D eigenvalue weighted by Crippen LogP contribution is 2.20. The Kier molecular flexibility index (Phi) is 9.12. The average molecular weight is 375 g/mol. The molecule has 6 heteroatoms. The molecule has 27 heavy (non-hydrogen) atoms. The monoisotopic (exact) mass is 374 g/mol. The Morgan fingerprint density at radius 2 is 1.22 bits per heavy atom. The molecule has 0 fully saturated rings. The highest BCUT2D eigenvalue weighted by Gasteiger charge is 2.09. The number of anilines is 2. The first-order chi connectivity index (χ1) is 12.6. The first kappa shape index (κ1) is 22.8. The number of aryl methyl sites for hydroxylation is 1. The Labute approximate surface area is 165 Å². The summed E-state index contributed by atoms with van der Waals surface area (Å²) in [4.78, 5) is 9.30. The molecule has 0 heterocycles. The molecule has 1 aromatic carbocycles. The van der Waals surface area contributed by atoms with Crippen molar-refractivity contribution in [3.05, 3.63) is 23.8 Å². The van der Waals surface area contributed by atoms with E-state index >= 15 is 0 Å². The number of rotatable bonds is 6. The molecule has 0 aliphatic heterocycles. The number of guanidine groups is 2. The summed E-state index contributed by atoms with van der Waals surface area (Å²) in [5.41, 5.74) is 3.15. The highest BCUT2D eigenvalue weighted by molar-refractivity contribution is 5.97. The second-order valence-electron chi connectivity index (χ2n) is 8.02. The zero-order chi connectivity index (χ0) is 20.6. The van der Waals surface area contributed by atoms with Crippen LogP contribution in [-0.2, 0) is 0 Å². The predicted molar refractivity (Wildman–Crippen MR) is 120 cm³/mol. The Balaban J connectivity index is 3.07. The number of hydrogen-bond acceptors (Lipinski definition) is 2. The van der Waals surface area contributed by atoms with Gasteiger partial charge < -0.3 is 21.3 Å². The SMILES string of the molecule is Cc1ccc(NC(=NC(C)C)NC(C)C)cc1NC(=NC(C)C)NC(C)C. The van der Waals surface area contributed by atoms with Gasteiger partial charge in [-0.1, -0.05) is 6.07 Å². The van der Waals surface area contributed by atoms with Crippen LogP contribution in [0.4, 0.5) is 11.4 Å². The summed E-state index contributed by atoms with van der Waals surface area (Å²) in [6.45, 7) is 18.8. The van der Waals surface area contributed by atoms with Gasteiger partial charge in [-0.3, -0.25) is 9.98 Å². The molecule has 0 aliphatic rings. The number of benzene rings is 1. The lowest BCUT2D eigenvalue weighted by Crippen LogP contribution is -2.37. The fourth-order valence-electron chi connectivity index (χ4n) is 2.37. The molecule has 6 nitrogen and oxygen atoms in total. The van der Waals surface area contributed by atoms with Gasteiger partial charge in [0.05, 0.1) is 0 Å². The largest absolute Gasteiger partial charge is 0.354 e. The lowest BCUT2D eigenvalue weighted by molar-refractivity contribution is 0.717. The van der Waals surface area contributed by atoms with Crippen LogP contribution in [-0.4, -0.2) is 36.1 Å². The molecular weight excluding hydrogens is 336 g/mol. The molecule has 0 amide bonds. The third kappa shape index (κ3) is 9.31. The summed E-state index contributed by atoms with van der Waals surface area (Å²) >= 11 is 0. The molecule has 0 spiro atoms. The molecule has 152 valence electrons. The summed E-state index contributed by atoms with van der Waals surface area (Å²) in [7, 11) is 0. The molecule has 0 saturated heterocycles. The zero-order valence-corrected chi connectivity index (χ0v) is 18.4. The summed E-state index contributed by atoms with van der Waals surface area (Å²) in [5.74, 6) is 1.57. The van der Waals surface area contributed by atoms with E-state index in [9.17, 15) is 0 Å². The summed E-state index contributed by atoms with van der Waals surface area (Å²) in [6.07, 6.45) is 0. The molecule has 0 atom stereocenters. The summed E-state index contributed by atoms with van der Waals surface area (Å²) in [6, 6.07) is 7.27. The van der Waals surface area contributed by atoms with Crippen LogP contribution in [0.25, 0.3) is 0 Å². The Morgan fingerprint density at radius 3 is 1.67 bits per heavy atom. The van der Waals surface area contributed by atoms with Gasteiger partial charge in [0.25, 0.3) is 0 Å². The minimum absolute atomic E-state index is 0.209. The standard InChI is InChI=1S/C21H38N6/c1-13(2)22-20(23-14(3)4)26-18-11-10-17(9)19(12-18)27-21(24-15(5)6)25-16(7)8/h10-16H,1-9H3,(H2,22,23,26)(H2,24,25,27). The molecule has 0 saturated carbocycles. The van der Waals surface area contributed by atoms with E-state index in [-0.39, 0.29) is 12.1 Å². The van der Waals surface area contributed by atoms with Gasteiger partial charge >= 0.3 is 0 Å². The Bertz CT molecular complexity index is 644. The van der Waals surface area contributed by atoms with Crippen LogP contribution in [0.15, 0.2) is 28.2 Å². The lowest BCUT2D eigenvalue weighted by atomic mass is 10.2. The summed E-state index contributed by atoms with van der Waals surface area (Å²) in [5, 5.41) is 13.6. The van der Waals surface area contributed by atoms with Gasteiger partial charge in [-0.05, 0) is 80.0 Å². The third-order valence-electron chi connectivity index (χ3n) is 3.38.